The van der Waals surface area contributed by atoms with Crippen molar-refractivity contribution < 1.29 is 4.79 Å². The highest BCUT2D eigenvalue weighted by Gasteiger charge is 2.17. The second kappa shape index (κ2) is 7.59. The molecule has 0 aliphatic heterocycles. The van der Waals surface area contributed by atoms with Crippen LogP contribution in [0.3, 0.4) is 0 Å². The van der Waals surface area contributed by atoms with Gasteiger partial charge in [0.2, 0.25) is 5.91 Å². The number of aryl methyl sites for hydroxylation is 1. The van der Waals surface area contributed by atoms with Crippen molar-refractivity contribution >= 4 is 34.3 Å². The van der Waals surface area contributed by atoms with Gasteiger partial charge in [-0.25, -0.2) is 4.98 Å². The van der Waals surface area contributed by atoms with Crippen molar-refractivity contribution in [2.75, 3.05) is 5.75 Å². The van der Waals surface area contributed by atoms with Crippen LogP contribution in [0.15, 0.2) is 53.6 Å². The number of carbonyl (C=O) groups is 1. The number of nitrogens with zero attached hydrogens (tertiary/aromatic N) is 4. The molecule has 0 atom stereocenters. The summed E-state index contributed by atoms with van der Waals surface area (Å²) in [7, 11) is 0. The number of thioether (sulfide) groups is 1. The second-order valence-corrected chi connectivity index (χ2v) is 7.93. The van der Waals surface area contributed by atoms with Gasteiger partial charge in [-0.2, -0.15) is 0 Å². The molecular formula is C21H21N5OS. The van der Waals surface area contributed by atoms with E-state index in [2.05, 4.69) is 34.6 Å². The first-order valence-corrected chi connectivity index (χ1v) is 10.1. The highest BCUT2D eigenvalue weighted by Crippen LogP contribution is 2.29. The normalized spacial score (nSPS) is 11.4. The summed E-state index contributed by atoms with van der Waals surface area (Å²) in [6.45, 7) is 5.95. The van der Waals surface area contributed by atoms with Crippen LogP contribution >= 0.6 is 11.8 Å². The van der Waals surface area contributed by atoms with Crippen LogP contribution < -0.4 is 5.32 Å². The largest absolute Gasteiger partial charge is 0.353 e. The van der Waals surface area contributed by atoms with Crippen LogP contribution in [0, 0.1) is 6.92 Å². The lowest BCUT2D eigenvalue weighted by Crippen LogP contribution is -2.31. The molecule has 0 unspecified atom stereocenters. The molecular weight excluding hydrogens is 370 g/mol. The quantitative estimate of drug-likeness (QED) is 0.523. The van der Waals surface area contributed by atoms with E-state index < -0.39 is 0 Å². The van der Waals surface area contributed by atoms with E-state index in [9.17, 15) is 4.79 Å². The SMILES string of the molecule is Cc1ccc(-c2nnc3c(SCC(=O)NC(C)C)nc4ccccc4n23)cc1. The van der Waals surface area contributed by atoms with Crippen molar-refractivity contribution in [1.29, 1.82) is 0 Å². The maximum Gasteiger partial charge on any atom is 0.230 e. The molecule has 7 heteroatoms. The average Bonchev–Trinajstić information content (AvgIpc) is 3.12. The summed E-state index contributed by atoms with van der Waals surface area (Å²) < 4.78 is 2.02. The second-order valence-electron chi connectivity index (χ2n) is 6.97. The number of amides is 1. The molecule has 2 heterocycles. The maximum absolute atomic E-state index is 12.1. The van der Waals surface area contributed by atoms with Gasteiger partial charge in [0.1, 0.15) is 5.03 Å². The lowest BCUT2D eigenvalue weighted by molar-refractivity contribution is -0.119. The molecule has 0 aliphatic carbocycles. The van der Waals surface area contributed by atoms with E-state index in [-0.39, 0.29) is 17.7 Å². The summed E-state index contributed by atoms with van der Waals surface area (Å²) in [5, 5.41) is 12.4. The molecule has 0 fully saturated rings. The molecule has 0 bridgehead atoms. The Morgan fingerprint density at radius 3 is 2.61 bits per heavy atom. The first-order valence-electron chi connectivity index (χ1n) is 9.16. The van der Waals surface area contributed by atoms with Crippen molar-refractivity contribution in [3.8, 4) is 11.4 Å². The van der Waals surface area contributed by atoms with Crippen molar-refractivity contribution in [3.05, 3.63) is 54.1 Å². The average molecular weight is 392 g/mol. The molecule has 0 radical (unpaired) electrons. The molecule has 142 valence electrons. The van der Waals surface area contributed by atoms with E-state index in [0.29, 0.717) is 10.7 Å². The number of hydrogen-bond donors (Lipinski definition) is 1. The van der Waals surface area contributed by atoms with E-state index in [1.54, 1.807) is 0 Å². The van der Waals surface area contributed by atoms with Crippen LogP contribution in [0.5, 0.6) is 0 Å². The third-order valence-corrected chi connectivity index (χ3v) is 5.25. The smallest absolute Gasteiger partial charge is 0.230 e. The van der Waals surface area contributed by atoms with Gasteiger partial charge in [0, 0.05) is 11.6 Å². The molecule has 1 amide bonds. The Balaban J connectivity index is 1.82. The molecule has 6 nitrogen and oxygen atoms in total. The Labute approximate surface area is 167 Å². The Morgan fingerprint density at radius 2 is 1.86 bits per heavy atom. The number of hydrogen-bond acceptors (Lipinski definition) is 5. The zero-order valence-electron chi connectivity index (χ0n) is 16.0. The number of carbonyl (C=O) groups excluding carboxylic acids is 1. The van der Waals surface area contributed by atoms with Crippen molar-refractivity contribution in [3.63, 3.8) is 0 Å². The van der Waals surface area contributed by atoms with E-state index >= 15 is 0 Å². The lowest BCUT2D eigenvalue weighted by Gasteiger charge is -2.10. The minimum absolute atomic E-state index is 0.0219. The highest BCUT2D eigenvalue weighted by atomic mass is 32.2. The Hall–Kier alpha value is -2.93. The van der Waals surface area contributed by atoms with Crippen molar-refractivity contribution in [1.82, 2.24) is 24.9 Å². The molecule has 0 saturated carbocycles. The van der Waals surface area contributed by atoms with Crippen LogP contribution in [0.1, 0.15) is 19.4 Å². The summed E-state index contributed by atoms with van der Waals surface area (Å²) in [4.78, 5) is 16.8. The van der Waals surface area contributed by atoms with Gasteiger partial charge in [0.25, 0.3) is 0 Å². The van der Waals surface area contributed by atoms with E-state index in [1.165, 1.54) is 17.3 Å². The van der Waals surface area contributed by atoms with Crippen LogP contribution in [-0.2, 0) is 4.79 Å². The molecule has 1 N–H and O–H groups in total. The first kappa shape index (κ1) is 18.4. The molecule has 4 aromatic rings. The zero-order chi connectivity index (χ0) is 19.7. The fraction of sp³-hybridized carbons (Fsp3) is 0.238. The van der Waals surface area contributed by atoms with Gasteiger partial charge in [-0.05, 0) is 32.9 Å². The van der Waals surface area contributed by atoms with Crippen molar-refractivity contribution in [2.24, 2.45) is 0 Å². The van der Waals surface area contributed by atoms with Crippen LogP contribution in [0.4, 0.5) is 0 Å². The number of aromatic nitrogens is 4. The van der Waals surface area contributed by atoms with Gasteiger partial charge < -0.3 is 5.32 Å². The van der Waals surface area contributed by atoms with Crippen LogP contribution in [0.25, 0.3) is 28.1 Å². The fourth-order valence-electron chi connectivity index (χ4n) is 3.04. The molecule has 2 aromatic carbocycles. The third kappa shape index (κ3) is 3.57. The molecule has 0 spiro atoms. The van der Waals surface area contributed by atoms with Crippen molar-refractivity contribution in [2.45, 2.75) is 31.8 Å². The molecule has 28 heavy (non-hydrogen) atoms. The van der Waals surface area contributed by atoms with Gasteiger partial charge in [0.15, 0.2) is 11.5 Å². The number of fused-ring (bicyclic) bond motifs is 3. The van der Waals surface area contributed by atoms with Gasteiger partial charge in [-0.3, -0.25) is 9.20 Å². The summed E-state index contributed by atoms with van der Waals surface area (Å²) in [6.07, 6.45) is 0. The Bertz CT molecular complexity index is 1150. The topological polar surface area (TPSA) is 72.2 Å². The number of rotatable bonds is 5. The summed E-state index contributed by atoms with van der Waals surface area (Å²) in [6, 6.07) is 16.2. The molecule has 0 aliphatic rings. The molecule has 4 rings (SSSR count). The fourth-order valence-corrected chi connectivity index (χ4v) is 3.82. The molecule has 2 aromatic heterocycles. The van der Waals surface area contributed by atoms with E-state index in [0.717, 1.165) is 22.4 Å². The number of benzene rings is 2. The predicted molar refractivity (Wildman–Crippen MR) is 112 cm³/mol. The minimum atomic E-state index is -0.0219. The Kier molecular flexibility index (Phi) is 5.00. The zero-order valence-corrected chi connectivity index (χ0v) is 16.8. The molecule has 0 saturated heterocycles. The third-order valence-electron chi connectivity index (χ3n) is 4.30. The Morgan fingerprint density at radius 1 is 1.11 bits per heavy atom. The minimum Gasteiger partial charge on any atom is -0.353 e. The summed E-state index contributed by atoms with van der Waals surface area (Å²) in [5.74, 6) is 1.03. The highest BCUT2D eigenvalue weighted by molar-refractivity contribution is 8.00. The number of para-hydroxylation sites is 2. The van der Waals surface area contributed by atoms with Gasteiger partial charge >= 0.3 is 0 Å². The number of nitrogens with one attached hydrogen (secondary N) is 1. The predicted octanol–water partition coefficient (Wildman–Crippen LogP) is 3.87. The lowest BCUT2D eigenvalue weighted by atomic mass is 10.1. The van der Waals surface area contributed by atoms with Gasteiger partial charge in [-0.15, -0.1) is 10.2 Å². The van der Waals surface area contributed by atoms with Gasteiger partial charge in [-0.1, -0.05) is 53.7 Å². The summed E-state index contributed by atoms with van der Waals surface area (Å²) in [5.41, 5.74) is 4.63. The van der Waals surface area contributed by atoms with Crippen LogP contribution in [0.2, 0.25) is 0 Å². The first-order chi connectivity index (χ1) is 13.5. The summed E-state index contributed by atoms with van der Waals surface area (Å²) >= 11 is 1.38. The van der Waals surface area contributed by atoms with Crippen LogP contribution in [-0.4, -0.2) is 37.3 Å². The van der Waals surface area contributed by atoms with E-state index in [1.807, 2.05) is 54.6 Å². The van der Waals surface area contributed by atoms with E-state index in [4.69, 9.17) is 4.98 Å². The van der Waals surface area contributed by atoms with Gasteiger partial charge in [0.05, 0.1) is 16.8 Å². The maximum atomic E-state index is 12.1. The standard InChI is InChI=1S/C21H21N5OS/c1-13(2)22-18(27)12-28-21-20-25-24-19(15-10-8-14(3)9-11-15)26(20)17-7-5-4-6-16(17)23-21/h4-11,13H,12H2,1-3H3,(H,22,27). The monoisotopic (exact) mass is 391 g/mol.